The van der Waals surface area contributed by atoms with Crippen LogP contribution in [0.15, 0.2) is 0 Å². The first-order valence-corrected chi connectivity index (χ1v) is 9.93. The van der Waals surface area contributed by atoms with Gasteiger partial charge >= 0.3 is 23.9 Å². The van der Waals surface area contributed by atoms with E-state index in [0.717, 1.165) is 4.90 Å². The molecule has 1 atom stereocenters. The van der Waals surface area contributed by atoms with Gasteiger partial charge in [-0.1, -0.05) is 13.8 Å². The SMILES string of the molecule is CC(C)C[C@@H](C(=O)O)N(C)C(CCCC(=O)C(=O)O)(CCCC(=O)C(=O)O)C(=O)C(=O)O. The van der Waals surface area contributed by atoms with Crippen molar-refractivity contribution in [3.8, 4) is 0 Å². The van der Waals surface area contributed by atoms with E-state index in [1.54, 1.807) is 13.8 Å². The summed E-state index contributed by atoms with van der Waals surface area (Å²) in [6.45, 7) is 3.45. The minimum absolute atomic E-state index is 0.0442. The molecule has 0 aromatic heterocycles. The number of carbonyl (C=O) groups is 7. The van der Waals surface area contributed by atoms with Crippen molar-refractivity contribution in [2.45, 2.75) is 70.4 Å². The monoisotopic (exact) mass is 459 g/mol. The smallest absolute Gasteiger partial charge is 0.374 e. The van der Waals surface area contributed by atoms with E-state index in [1.165, 1.54) is 7.05 Å². The van der Waals surface area contributed by atoms with Gasteiger partial charge in [-0.2, -0.15) is 0 Å². The number of ketones is 3. The Kier molecular flexibility index (Phi) is 11.4. The highest BCUT2D eigenvalue weighted by atomic mass is 16.4. The zero-order valence-corrected chi connectivity index (χ0v) is 18.2. The zero-order chi connectivity index (χ0) is 25.2. The molecule has 0 amide bonds. The summed E-state index contributed by atoms with van der Waals surface area (Å²) in [5.74, 6) is -10.5. The van der Waals surface area contributed by atoms with Gasteiger partial charge in [0.25, 0.3) is 5.78 Å². The van der Waals surface area contributed by atoms with Crippen LogP contribution in [0.2, 0.25) is 0 Å². The average molecular weight is 459 g/mol. The standard InChI is InChI=1S/C20H29NO11/c1-11(2)10-12(16(25)26)21(3)20(15(24)19(31)32,8-4-6-13(22)17(27)28)9-5-7-14(23)18(29)30/h11-12H,4-10H2,1-3H3,(H,25,26)(H,27,28)(H,29,30)(H,31,32)/t12-/m0/s1. The van der Waals surface area contributed by atoms with Crippen LogP contribution in [0.5, 0.6) is 0 Å². The van der Waals surface area contributed by atoms with E-state index in [4.69, 9.17) is 10.2 Å². The van der Waals surface area contributed by atoms with E-state index in [2.05, 4.69) is 0 Å². The van der Waals surface area contributed by atoms with E-state index in [9.17, 15) is 43.8 Å². The Morgan fingerprint density at radius 3 is 1.44 bits per heavy atom. The first-order valence-electron chi connectivity index (χ1n) is 9.93. The van der Waals surface area contributed by atoms with E-state index >= 15 is 0 Å². The van der Waals surface area contributed by atoms with E-state index in [0.29, 0.717) is 0 Å². The molecule has 0 aromatic carbocycles. The van der Waals surface area contributed by atoms with Crippen molar-refractivity contribution in [3.63, 3.8) is 0 Å². The summed E-state index contributed by atoms with van der Waals surface area (Å²) in [4.78, 5) is 81.8. The number of aliphatic carboxylic acids is 4. The van der Waals surface area contributed by atoms with E-state index < -0.39 is 65.6 Å². The molecule has 0 heterocycles. The van der Waals surface area contributed by atoms with E-state index in [1.807, 2.05) is 0 Å². The minimum Gasteiger partial charge on any atom is -0.480 e. The third-order valence-electron chi connectivity index (χ3n) is 5.20. The van der Waals surface area contributed by atoms with Gasteiger partial charge in [0.1, 0.15) is 6.04 Å². The van der Waals surface area contributed by atoms with Crippen molar-refractivity contribution in [2.75, 3.05) is 7.05 Å². The van der Waals surface area contributed by atoms with Crippen molar-refractivity contribution in [2.24, 2.45) is 5.92 Å². The quantitative estimate of drug-likeness (QED) is 0.219. The Hall–Kier alpha value is -3.15. The number of likely N-dealkylation sites (N-methyl/N-ethyl adjacent to an activating group) is 1. The van der Waals surface area contributed by atoms with Crippen molar-refractivity contribution in [1.29, 1.82) is 0 Å². The van der Waals surface area contributed by atoms with Gasteiger partial charge in [-0.05, 0) is 45.1 Å². The number of carbonyl (C=O) groups excluding carboxylic acids is 3. The molecule has 4 N–H and O–H groups in total. The molecule has 0 radical (unpaired) electrons. The van der Waals surface area contributed by atoms with E-state index in [-0.39, 0.29) is 38.0 Å². The van der Waals surface area contributed by atoms with Crippen LogP contribution in [-0.4, -0.2) is 85.2 Å². The van der Waals surface area contributed by atoms with Crippen molar-refractivity contribution in [1.82, 2.24) is 4.90 Å². The number of Topliss-reactive ketones (excluding diaryl/α,β-unsaturated/α-hetero) is 3. The molecule has 180 valence electrons. The summed E-state index contributed by atoms with van der Waals surface area (Å²) in [6, 6.07) is -1.30. The van der Waals surface area contributed by atoms with Crippen LogP contribution in [0.3, 0.4) is 0 Å². The Labute approximate surface area is 184 Å². The molecule has 0 aliphatic carbocycles. The summed E-state index contributed by atoms with van der Waals surface area (Å²) in [5, 5.41) is 36.6. The van der Waals surface area contributed by atoms with Crippen LogP contribution < -0.4 is 0 Å². The molecular weight excluding hydrogens is 430 g/mol. The first kappa shape index (κ1) is 28.8. The molecule has 0 aromatic rings. The minimum atomic E-state index is -2.00. The molecule has 12 heteroatoms. The second-order valence-electron chi connectivity index (χ2n) is 7.92. The first-order chi connectivity index (χ1) is 14.7. The van der Waals surface area contributed by atoms with Crippen molar-refractivity contribution in [3.05, 3.63) is 0 Å². The Morgan fingerprint density at radius 2 is 1.16 bits per heavy atom. The third kappa shape index (κ3) is 8.17. The van der Waals surface area contributed by atoms with Crippen LogP contribution in [0.25, 0.3) is 0 Å². The molecule has 0 bridgehead atoms. The molecule has 0 saturated heterocycles. The third-order valence-corrected chi connectivity index (χ3v) is 5.20. The van der Waals surface area contributed by atoms with Gasteiger partial charge in [0.05, 0.1) is 5.54 Å². The number of hydrogen-bond donors (Lipinski definition) is 4. The summed E-state index contributed by atoms with van der Waals surface area (Å²) in [6.07, 6.45) is -2.23. The van der Waals surface area contributed by atoms with Gasteiger partial charge in [-0.25, -0.2) is 14.4 Å². The summed E-state index contributed by atoms with van der Waals surface area (Å²) in [5.41, 5.74) is -2.00. The topological polar surface area (TPSA) is 204 Å². The number of rotatable bonds is 17. The molecule has 0 unspecified atom stereocenters. The lowest BCUT2D eigenvalue weighted by Crippen LogP contribution is -2.60. The second kappa shape index (κ2) is 12.6. The van der Waals surface area contributed by atoms with Gasteiger partial charge in [0.2, 0.25) is 11.6 Å². The fourth-order valence-electron chi connectivity index (χ4n) is 3.53. The fourth-order valence-corrected chi connectivity index (χ4v) is 3.53. The Balaban J connectivity index is 6.20. The largest absolute Gasteiger partial charge is 0.480 e. The van der Waals surface area contributed by atoms with Crippen LogP contribution >= 0.6 is 0 Å². The molecular formula is C20H29NO11. The lowest BCUT2D eigenvalue weighted by atomic mass is 9.79. The molecule has 32 heavy (non-hydrogen) atoms. The maximum absolute atomic E-state index is 12.8. The highest BCUT2D eigenvalue weighted by Crippen LogP contribution is 2.33. The Bertz CT molecular complexity index is 740. The summed E-state index contributed by atoms with van der Waals surface area (Å²) in [7, 11) is 1.24. The van der Waals surface area contributed by atoms with Gasteiger partial charge in [0.15, 0.2) is 0 Å². The number of hydrogen-bond acceptors (Lipinski definition) is 8. The van der Waals surface area contributed by atoms with Crippen molar-refractivity contribution >= 4 is 41.2 Å². The predicted molar refractivity (Wildman–Crippen MR) is 107 cm³/mol. The molecule has 0 rings (SSSR count). The average Bonchev–Trinajstić information content (AvgIpc) is 2.68. The molecule has 0 spiro atoms. The number of nitrogens with zero attached hydrogens (tertiary/aromatic N) is 1. The van der Waals surface area contributed by atoms with Gasteiger partial charge in [-0.15, -0.1) is 0 Å². The maximum Gasteiger partial charge on any atom is 0.374 e. The lowest BCUT2D eigenvalue weighted by Gasteiger charge is -2.43. The van der Waals surface area contributed by atoms with Gasteiger partial charge in [0, 0.05) is 12.8 Å². The molecule has 0 saturated carbocycles. The fraction of sp³-hybridized carbons (Fsp3) is 0.650. The number of carboxylic acid groups (broad SMARTS) is 4. The molecule has 0 aliphatic rings. The molecule has 0 aliphatic heterocycles. The highest BCUT2D eigenvalue weighted by molar-refractivity contribution is 6.36. The lowest BCUT2D eigenvalue weighted by molar-refractivity contribution is -0.160. The van der Waals surface area contributed by atoms with Gasteiger partial charge in [-0.3, -0.25) is 24.1 Å². The summed E-state index contributed by atoms with van der Waals surface area (Å²) < 4.78 is 0. The molecule has 12 nitrogen and oxygen atoms in total. The predicted octanol–water partition coefficient (Wildman–Crippen LogP) is 0.458. The zero-order valence-electron chi connectivity index (χ0n) is 18.2. The van der Waals surface area contributed by atoms with Crippen LogP contribution in [0.4, 0.5) is 0 Å². The van der Waals surface area contributed by atoms with Crippen LogP contribution in [0, 0.1) is 5.92 Å². The van der Waals surface area contributed by atoms with Gasteiger partial charge < -0.3 is 20.4 Å². The Morgan fingerprint density at radius 1 is 0.750 bits per heavy atom. The summed E-state index contributed by atoms with van der Waals surface area (Å²) >= 11 is 0. The second-order valence-corrected chi connectivity index (χ2v) is 7.92. The highest BCUT2D eigenvalue weighted by Gasteiger charge is 2.48. The maximum atomic E-state index is 12.8. The normalized spacial score (nSPS) is 12.4. The molecule has 0 fully saturated rings. The number of carboxylic acids is 4. The van der Waals surface area contributed by atoms with Crippen LogP contribution in [0.1, 0.15) is 58.8 Å². The van der Waals surface area contributed by atoms with Crippen molar-refractivity contribution < 1.29 is 54.0 Å². The van der Waals surface area contributed by atoms with Crippen LogP contribution in [-0.2, 0) is 33.6 Å².